The molecule has 0 spiro atoms. The predicted molar refractivity (Wildman–Crippen MR) is 75.2 cm³/mol. The molecule has 21 heavy (non-hydrogen) atoms. The topological polar surface area (TPSA) is 112 Å². The number of halogens is 2. The quantitative estimate of drug-likeness (QED) is 0.271. The summed E-state index contributed by atoms with van der Waals surface area (Å²) in [6.07, 6.45) is 0.105. The van der Waals surface area contributed by atoms with Gasteiger partial charge in [0.25, 0.3) is 0 Å². The maximum Gasteiger partial charge on any atom is 0.329 e. The average molecular weight is 358 g/mol. The van der Waals surface area contributed by atoms with E-state index in [0.717, 1.165) is 4.90 Å². The summed E-state index contributed by atoms with van der Waals surface area (Å²) in [5.41, 5.74) is 7.44. The maximum atomic E-state index is 13.9. The molecule has 1 heterocycles. The van der Waals surface area contributed by atoms with Crippen LogP contribution in [0, 0.1) is 21.8 Å². The molecule has 0 bridgehead atoms. The molecule has 0 saturated carbocycles. The fourth-order valence-electron chi connectivity index (χ4n) is 2.21. The molecule has 8 nitrogen and oxygen atoms in total. The molecule has 2 rings (SSSR count). The van der Waals surface area contributed by atoms with Crippen LogP contribution in [0.3, 0.4) is 0 Å². The molecule has 1 aromatic carbocycles. The highest BCUT2D eigenvalue weighted by Crippen LogP contribution is 2.37. The Kier molecular flexibility index (Phi) is 4.39. The number of nitro groups is 1. The van der Waals surface area contributed by atoms with Gasteiger partial charge in [0.1, 0.15) is 5.69 Å². The number of rotatable bonds is 4. The van der Waals surface area contributed by atoms with Gasteiger partial charge in [0.2, 0.25) is 11.7 Å². The van der Waals surface area contributed by atoms with Gasteiger partial charge in [-0.05, 0) is 39.5 Å². The first-order valence-corrected chi connectivity index (χ1v) is 6.68. The Hall–Kier alpha value is -2.19. The van der Waals surface area contributed by atoms with Crippen LogP contribution in [0.4, 0.5) is 15.8 Å². The van der Waals surface area contributed by atoms with E-state index in [1.807, 2.05) is 0 Å². The van der Waals surface area contributed by atoms with Crippen molar-refractivity contribution >= 4 is 33.2 Å². The number of carbonyl (C=O) groups is 1. The van der Waals surface area contributed by atoms with Crippen molar-refractivity contribution in [2.45, 2.75) is 6.42 Å². The van der Waals surface area contributed by atoms with Crippen LogP contribution in [0.25, 0.3) is 10.4 Å². The molecule has 0 aromatic heterocycles. The Morgan fingerprint density at radius 2 is 2.33 bits per heavy atom. The van der Waals surface area contributed by atoms with Gasteiger partial charge in [-0.25, -0.2) is 0 Å². The lowest BCUT2D eigenvalue weighted by Gasteiger charge is -2.17. The fourth-order valence-corrected chi connectivity index (χ4v) is 2.53. The van der Waals surface area contributed by atoms with Crippen LogP contribution >= 0.6 is 15.9 Å². The summed E-state index contributed by atoms with van der Waals surface area (Å²) in [5, 5.41) is 14.4. The zero-order valence-electron chi connectivity index (χ0n) is 10.6. The van der Waals surface area contributed by atoms with E-state index in [9.17, 15) is 19.3 Å². The van der Waals surface area contributed by atoms with Gasteiger partial charge >= 0.3 is 5.69 Å². The van der Waals surface area contributed by atoms with Gasteiger partial charge in [0.05, 0.1) is 9.40 Å². The predicted octanol–water partition coefficient (Wildman–Crippen LogP) is 3.16. The van der Waals surface area contributed by atoms with Gasteiger partial charge in [-0.2, -0.15) is 4.39 Å². The minimum absolute atomic E-state index is 0.0461. The average Bonchev–Trinajstić information content (AvgIpc) is 2.80. The van der Waals surface area contributed by atoms with Gasteiger partial charge in [-0.1, -0.05) is 5.11 Å². The number of hydrogen-bond donors (Lipinski definition) is 0. The molecule has 1 atom stereocenters. The number of benzene rings is 1. The van der Waals surface area contributed by atoms with Crippen LogP contribution in [0.15, 0.2) is 21.7 Å². The van der Waals surface area contributed by atoms with Crippen LogP contribution < -0.4 is 4.90 Å². The summed E-state index contributed by atoms with van der Waals surface area (Å²) >= 11 is 2.88. The lowest BCUT2D eigenvalue weighted by atomic mass is 10.1. The Morgan fingerprint density at radius 3 is 2.95 bits per heavy atom. The summed E-state index contributed by atoms with van der Waals surface area (Å²) in [6.45, 7) is 0.269. The summed E-state index contributed by atoms with van der Waals surface area (Å²) in [7, 11) is 0. The monoisotopic (exact) mass is 357 g/mol. The van der Waals surface area contributed by atoms with Crippen molar-refractivity contribution < 1.29 is 14.1 Å². The minimum atomic E-state index is -1.02. The molecular weight excluding hydrogens is 349 g/mol. The summed E-state index contributed by atoms with van der Waals surface area (Å²) < 4.78 is 13.9. The van der Waals surface area contributed by atoms with E-state index >= 15 is 0 Å². The second kappa shape index (κ2) is 6.06. The zero-order chi connectivity index (χ0) is 15.6. The second-order valence-electron chi connectivity index (χ2n) is 4.47. The number of azide groups is 1. The highest BCUT2D eigenvalue weighted by molar-refractivity contribution is 9.10. The van der Waals surface area contributed by atoms with Gasteiger partial charge < -0.3 is 4.90 Å². The first-order chi connectivity index (χ1) is 9.95. The molecular formula is C11H9BrFN5O3. The smallest absolute Gasteiger partial charge is 0.306 e. The molecule has 1 unspecified atom stereocenters. The summed E-state index contributed by atoms with van der Waals surface area (Å²) in [5.74, 6) is -1.62. The Labute approximate surface area is 126 Å². The minimum Gasteiger partial charge on any atom is -0.306 e. The lowest BCUT2D eigenvalue weighted by molar-refractivity contribution is -0.386. The SMILES string of the molecule is [N-]=[N+]=NCC1CC(=O)N(c2ccc(Br)c(F)c2[N+](=O)[O-])C1. The highest BCUT2D eigenvalue weighted by atomic mass is 79.9. The third-order valence-electron chi connectivity index (χ3n) is 3.13. The Balaban J connectivity index is 2.38. The highest BCUT2D eigenvalue weighted by Gasteiger charge is 2.35. The van der Waals surface area contributed by atoms with E-state index in [4.69, 9.17) is 5.53 Å². The third kappa shape index (κ3) is 2.96. The summed E-state index contributed by atoms with van der Waals surface area (Å²) in [6, 6.07) is 2.63. The van der Waals surface area contributed by atoms with Crippen molar-refractivity contribution in [3.05, 3.63) is 43.0 Å². The molecule has 110 valence electrons. The van der Waals surface area contributed by atoms with Crippen molar-refractivity contribution in [1.82, 2.24) is 0 Å². The van der Waals surface area contributed by atoms with Gasteiger partial charge in [0.15, 0.2) is 0 Å². The number of carbonyl (C=O) groups excluding carboxylic acids is 1. The molecule has 1 aliphatic rings. The van der Waals surface area contributed by atoms with Crippen molar-refractivity contribution in [2.75, 3.05) is 18.0 Å². The Bertz CT molecular complexity index is 662. The third-order valence-corrected chi connectivity index (χ3v) is 3.74. The first-order valence-electron chi connectivity index (χ1n) is 5.89. The molecule has 0 aliphatic carbocycles. The normalized spacial score (nSPS) is 17.7. The molecule has 1 aromatic rings. The van der Waals surface area contributed by atoms with Gasteiger partial charge in [0, 0.05) is 24.4 Å². The number of anilines is 1. The van der Waals surface area contributed by atoms with Crippen molar-refractivity contribution in [1.29, 1.82) is 0 Å². The lowest BCUT2D eigenvalue weighted by Crippen LogP contribution is -2.26. The van der Waals surface area contributed by atoms with Gasteiger partial charge in [-0.3, -0.25) is 14.9 Å². The number of hydrogen-bond acceptors (Lipinski definition) is 4. The molecule has 0 N–H and O–H groups in total. The molecule has 1 saturated heterocycles. The van der Waals surface area contributed by atoms with Crippen LogP contribution in [-0.4, -0.2) is 23.9 Å². The van der Waals surface area contributed by atoms with E-state index < -0.39 is 16.4 Å². The van der Waals surface area contributed by atoms with Crippen LogP contribution in [0.1, 0.15) is 6.42 Å². The number of amides is 1. The van der Waals surface area contributed by atoms with Crippen LogP contribution in [-0.2, 0) is 4.79 Å². The van der Waals surface area contributed by atoms with E-state index in [1.165, 1.54) is 12.1 Å². The number of nitrogens with zero attached hydrogens (tertiary/aromatic N) is 5. The molecule has 10 heteroatoms. The van der Waals surface area contributed by atoms with E-state index in [1.54, 1.807) is 0 Å². The molecule has 1 amide bonds. The summed E-state index contributed by atoms with van der Waals surface area (Å²) in [4.78, 5) is 25.9. The second-order valence-corrected chi connectivity index (χ2v) is 5.33. The standard InChI is InChI=1S/C11H9BrFN5O3/c12-7-1-2-8(11(10(7)13)18(20)21)17-5-6(3-9(17)19)4-15-16-14/h1-2,6H,3-5H2. The van der Waals surface area contributed by atoms with Gasteiger partial charge in [-0.15, -0.1) is 0 Å². The zero-order valence-corrected chi connectivity index (χ0v) is 12.2. The van der Waals surface area contributed by atoms with E-state index in [-0.39, 0.29) is 41.5 Å². The van der Waals surface area contributed by atoms with Crippen molar-refractivity contribution in [2.24, 2.45) is 11.0 Å². The molecule has 1 aliphatic heterocycles. The van der Waals surface area contributed by atoms with E-state index in [2.05, 4.69) is 26.0 Å². The molecule has 0 radical (unpaired) electrons. The Morgan fingerprint density at radius 1 is 1.62 bits per heavy atom. The largest absolute Gasteiger partial charge is 0.329 e. The molecule has 1 fully saturated rings. The van der Waals surface area contributed by atoms with E-state index in [0.29, 0.717) is 0 Å². The van der Waals surface area contributed by atoms with Crippen LogP contribution in [0.2, 0.25) is 0 Å². The first kappa shape index (κ1) is 15.2. The number of nitro benzene ring substituents is 1. The van der Waals surface area contributed by atoms with Crippen LogP contribution in [0.5, 0.6) is 0 Å². The van der Waals surface area contributed by atoms with Crippen molar-refractivity contribution in [3.8, 4) is 0 Å². The fraction of sp³-hybridized carbons (Fsp3) is 0.364. The van der Waals surface area contributed by atoms with Crippen molar-refractivity contribution in [3.63, 3.8) is 0 Å². The maximum absolute atomic E-state index is 13.9.